The van der Waals surface area contributed by atoms with Crippen molar-refractivity contribution in [2.45, 2.75) is 39.7 Å². The lowest BCUT2D eigenvalue weighted by Gasteiger charge is -2.12. The number of fused-ring (bicyclic) bond motifs is 1. The molecule has 0 unspecified atom stereocenters. The zero-order valence-electron chi connectivity index (χ0n) is 22.5. The maximum absolute atomic E-state index is 12.7. The molecule has 0 fully saturated rings. The number of rotatable bonds is 12. The summed E-state index contributed by atoms with van der Waals surface area (Å²) in [4.78, 5) is 27.3. The fourth-order valence-corrected chi connectivity index (χ4v) is 5.50. The standard InChI is InChI=1S/C31H32N4O3S/c1-4-10-32-18-21-5-8-26(35-19-21)30-16-27-31(39-30)28(9-11-33-27)38-25-7-6-22(29(15-25)37-3)13-24(36)14-23-12-20(2)17-34-23/h5-9,11-12,15-16,19,32H,4,10,13-14,17-18H2,1-3H3. The average molecular weight is 541 g/mol. The Morgan fingerprint density at radius 3 is 2.72 bits per heavy atom. The molecule has 3 aromatic heterocycles. The highest BCUT2D eigenvalue weighted by Crippen LogP contribution is 2.39. The van der Waals surface area contributed by atoms with Gasteiger partial charge in [-0.3, -0.25) is 19.8 Å². The predicted octanol–water partition coefficient (Wildman–Crippen LogP) is 6.56. The summed E-state index contributed by atoms with van der Waals surface area (Å²) >= 11 is 1.60. The van der Waals surface area contributed by atoms with Gasteiger partial charge in [-0.1, -0.05) is 24.6 Å². The number of carbonyl (C=O) groups is 1. The highest BCUT2D eigenvalue weighted by atomic mass is 32.1. The van der Waals surface area contributed by atoms with Crippen LogP contribution in [0.3, 0.4) is 0 Å². The number of aromatic nitrogens is 2. The summed E-state index contributed by atoms with van der Waals surface area (Å²) < 4.78 is 12.8. The van der Waals surface area contributed by atoms with Gasteiger partial charge >= 0.3 is 0 Å². The number of ketones is 1. The predicted molar refractivity (Wildman–Crippen MR) is 157 cm³/mol. The Morgan fingerprint density at radius 2 is 1.97 bits per heavy atom. The second-order valence-corrected chi connectivity index (χ2v) is 10.7. The zero-order chi connectivity index (χ0) is 27.2. The van der Waals surface area contributed by atoms with Gasteiger partial charge in [0.25, 0.3) is 0 Å². The number of pyridine rings is 2. The molecular weight excluding hydrogens is 508 g/mol. The Labute approximate surface area is 232 Å². The Bertz CT molecular complexity index is 1540. The first-order valence-electron chi connectivity index (χ1n) is 13.1. The van der Waals surface area contributed by atoms with E-state index in [1.807, 2.05) is 49.5 Å². The van der Waals surface area contributed by atoms with Gasteiger partial charge in [-0.05, 0) is 49.7 Å². The van der Waals surface area contributed by atoms with E-state index in [2.05, 4.69) is 39.3 Å². The van der Waals surface area contributed by atoms with E-state index >= 15 is 0 Å². The number of hydrogen-bond acceptors (Lipinski definition) is 8. The molecule has 1 N–H and O–H groups in total. The second-order valence-electron chi connectivity index (χ2n) is 9.63. The van der Waals surface area contributed by atoms with Crippen LogP contribution in [0.4, 0.5) is 0 Å². The molecule has 5 rings (SSSR count). The molecule has 0 saturated heterocycles. The van der Waals surface area contributed by atoms with Crippen molar-refractivity contribution in [1.82, 2.24) is 15.3 Å². The summed E-state index contributed by atoms with van der Waals surface area (Å²) in [6, 6.07) is 13.7. The van der Waals surface area contributed by atoms with E-state index in [1.165, 1.54) is 5.57 Å². The van der Waals surface area contributed by atoms with Crippen LogP contribution in [-0.4, -0.2) is 41.7 Å². The van der Waals surface area contributed by atoms with Gasteiger partial charge in [0.05, 0.1) is 34.4 Å². The molecule has 0 bridgehead atoms. The minimum Gasteiger partial charge on any atom is -0.496 e. The summed E-state index contributed by atoms with van der Waals surface area (Å²) in [7, 11) is 1.61. The molecule has 4 heterocycles. The highest BCUT2D eigenvalue weighted by molar-refractivity contribution is 7.22. The average Bonchev–Trinajstić information content (AvgIpc) is 3.56. The minimum atomic E-state index is 0.104. The van der Waals surface area contributed by atoms with Crippen LogP contribution in [-0.2, 0) is 17.8 Å². The van der Waals surface area contributed by atoms with E-state index in [4.69, 9.17) is 9.47 Å². The van der Waals surface area contributed by atoms with Crippen molar-refractivity contribution in [2.75, 3.05) is 20.2 Å². The number of Topliss-reactive ketones (excluding diaryl/α,β-unsaturated/α-hetero) is 1. The highest BCUT2D eigenvalue weighted by Gasteiger charge is 2.16. The number of allylic oxidation sites excluding steroid dienone is 1. The summed E-state index contributed by atoms with van der Waals surface area (Å²) in [5.41, 5.74) is 5.79. The fraction of sp³-hybridized carbons (Fsp3) is 0.290. The van der Waals surface area contributed by atoms with Crippen molar-refractivity contribution in [3.63, 3.8) is 0 Å². The fourth-order valence-electron chi connectivity index (χ4n) is 4.45. The number of nitrogens with zero attached hydrogens (tertiary/aromatic N) is 3. The van der Waals surface area contributed by atoms with Gasteiger partial charge < -0.3 is 14.8 Å². The molecule has 0 spiro atoms. The Morgan fingerprint density at radius 1 is 1.08 bits per heavy atom. The molecule has 4 aromatic rings. The number of hydrogen-bond donors (Lipinski definition) is 1. The molecular formula is C31H32N4O3S. The normalized spacial score (nSPS) is 12.9. The van der Waals surface area contributed by atoms with Crippen LogP contribution in [0.25, 0.3) is 20.8 Å². The Kier molecular flexibility index (Phi) is 8.44. The number of thiophene rings is 1. The Balaban J connectivity index is 1.31. The lowest BCUT2D eigenvalue weighted by atomic mass is 10.0. The Hall–Kier alpha value is -3.88. The van der Waals surface area contributed by atoms with Crippen LogP contribution in [0.1, 0.15) is 37.8 Å². The topological polar surface area (TPSA) is 85.7 Å². The summed E-state index contributed by atoms with van der Waals surface area (Å²) in [5, 5.41) is 3.40. The van der Waals surface area contributed by atoms with E-state index in [0.717, 1.165) is 57.1 Å². The van der Waals surface area contributed by atoms with E-state index in [0.29, 0.717) is 30.2 Å². The van der Waals surface area contributed by atoms with Gasteiger partial charge in [-0.15, -0.1) is 11.3 Å². The molecule has 1 aliphatic rings. The van der Waals surface area contributed by atoms with Crippen molar-refractivity contribution in [3.8, 4) is 27.8 Å². The molecule has 1 aliphatic heterocycles. The van der Waals surface area contributed by atoms with Crippen LogP contribution in [0.15, 0.2) is 71.5 Å². The molecule has 8 heteroatoms. The largest absolute Gasteiger partial charge is 0.496 e. The lowest BCUT2D eigenvalue weighted by Crippen LogP contribution is -2.13. The molecule has 200 valence electrons. The van der Waals surface area contributed by atoms with Gasteiger partial charge in [0, 0.05) is 55.2 Å². The third-order valence-corrected chi connectivity index (χ3v) is 7.57. The molecule has 39 heavy (non-hydrogen) atoms. The van der Waals surface area contributed by atoms with Crippen LogP contribution < -0.4 is 14.8 Å². The molecule has 0 saturated carbocycles. The van der Waals surface area contributed by atoms with Crippen LogP contribution in [0.2, 0.25) is 0 Å². The van der Waals surface area contributed by atoms with Crippen molar-refractivity contribution in [3.05, 3.63) is 77.6 Å². The summed E-state index contributed by atoms with van der Waals surface area (Å²) in [6.07, 6.45) is 7.39. The summed E-state index contributed by atoms with van der Waals surface area (Å²) in [5.74, 6) is 2.07. The third-order valence-electron chi connectivity index (χ3n) is 6.41. The van der Waals surface area contributed by atoms with E-state index < -0.39 is 0 Å². The third kappa shape index (κ3) is 6.58. The van der Waals surface area contributed by atoms with Crippen LogP contribution in [0, 0.1) is 0 Å². The maximum atomic E-state index is 12.7. The minimum absolute atomic E-state index is 0.104. The van der Waals surface area contributed by atoms with Gasteiger partial charge in [-0.2, -0.15) is 0 Å². The van der Waals surface area contributed by atoms with Gasteiger partial charge in [0.2, 0.25) is 0 Å². The first kappa shape index (κ1) is 26.7. The number of benzene rings is 1. The molecule has 1 aromatic carbocycles. The smallest absolute Gasteiger partial charge is 0.148 e. The number of aliphatic imine (C=N–C) groups is 1. The van der Waals surface area contributed by atoms with E-state index in [1.54, 1.807) is 24.6 Å². The molecule has 0 radical (unpaired) electrons. The van der Waals surface area contributed by atoms with Crippen molar-refractivity contribution in [1.29, 1.82) is 0 Å². The molecule has 0 amide bonds. The van der Waals surface area contributed by atoms with Gasteiger partial charge in [-0.25, -0.2) is 0 Å². The van der Waals surface area contributed by atoms with Crippen LogP contribution >= 0.6 is 11.3 Å². The van der Waals surface area contributed by atoms with Gasteiger partial charge in [0.1, 0.15) is 23.0 Å². The molecule has 7 nitrogen and oxygen atoms in total. The summed E-state index contributed by atoms with van der Waals surface area (Å²) in [6.45, 7) is 6.68. The first-order chi connectivity index (χ1) is 19.0. The van der Waals surface area contributed by atoms with E-state index in [-0.39, 0.29) is 12.2 Å². The van der Waals surface area contributed by atoms with E-state index in [9.17, 15) is 4.79 Å². The number of carbonyl (C=O) groups excluding carboxylic acids is 1. The molecule has 0 atom stereocenters. The first-order valence-corrected chi connectivity index (χ1v) is 14.0. The monoisotopic (exact) mass is 540 g/mol. The van der Waals surface area contributed by atoms with Crippen LogP contribution in [0.5, 0.6) is 17.2 Å². The van der Waals surface area contributed by atoms with Crippen molar-refractivity contribution < 1.29 is 14.3 Å². The lowest BCUT2D eigenvalue weighted by molar-refractivity contribution is -0.117. The SMILES string of the molecule is CCCNCc1ccc(-c2cc3nccc(Oc4ccc(CC(=O)CC5=NCC(C)=C5)c(OC)c4)c3s2)nc1. The second kappa shape index (κ2) is 12.3. The van der Waals surface area contributed by atoms with Gasteiger partial charge in [0.15, 0.2) is 0 Å². The molecule has 0 aliphatic carbocycles. The number of nitrogens with one attached hydrogen (secondary N) is 1. The quantitative estimate of drug-likeness (QED) is 0.205. The van der Waals surface area contributed by atoms with Crippen molar-refractivity contribution in [2.24, 2.45) is 4.99 Å². The number of ether oxygens (including phenoxy) is 2. The zero-order valence-corrected chi connectivity index (χ0v) is 23.3. The number of methoxy groups -OCH3 is 1. The van der Waals surface area contributed by atoms with Crippen molar-refractivity contribution >= 4 is 33.0 Å². The maximum Gasteiger partial charge on any atom is 0.148 e.